The van der Waals surface area contributed by atoms with Gasteiger partial charge in [-0.05, 0) is 30.5 Å². The third-order valence-electron chi connectivity index (χ3n) is 2.60. The number of hydrogen-bond donors (Lipinski definition) is 2. The molecule has 1 aromatic carbocycles. The van der Waals surface area contributed by atoms with Gasteiger partial charge >= 0.3 is 0 Å². The zero-order valence-electron chi connectivity index (χ0n) is 8.83. The van der Waals surface area contributed by atoms with Crippen molar-refractivity contribution in [3.8, 4) is 0 Å². The molecule has 0 spiro atoms. The lowest BCUT2D eigenvalue weighted by Crippen LogP contribution is -1.93. The molecule has 0 amide bonds. The van der Waals surface area contributed by atoms with Gasteiger partial charge in [-0.1, -0.05) is 29.8 Å². The number of aliphatic hydroxyl groups excluding tert-OH is 1. The molecule has 78 valence electrons. The number of hydrogen-bond acceptors (Lipinski definition) is 1. The molecule has 0 bridgehead atoms. The quantitative estimate of drug-likeness (QED) is 0.786. The van der Waals surface area contributed by atoms with Crippen LogP contribution in [0.15, 0.2) is 36.5 Å². The van der Waals surface area contributed by atoms with Gasteiger partial charge < -0.3 is 10.1 Å². The molecule has 2 rings (SSSR count). The standard InChI is InChI=1S/C13H15NO/c1-10-2-4-11(5-3-10)8-12-6-7-14-13(12)9-15/h2-7,14-15H,8-9H2,1H3. The van der Waals surface area contributed by atoms with Gasteiger partial charge in [0.25, 0.3) is 0 Å². The van der Waals surface area contributed by atoms with Crippen LogP contribution in [0.1, 0.15) is 22.4 Å². The van der Waals surface area contributed by atoms with Crippen molar-refractivity contribution in [2.45, 2.75) is 20.0 Å². The van der Waals surface area contributed by atoms with E-state index in [1.54, 1.807) is 0 Å². The molecule has 0 fully saturated rings. The Balaban J connectivity index is 2.18. The number of nitrogens with one attached hydrogen (secondary N) is 1. The summed E-state index contributed by atoms with van der Waals surface area (Å²) in [6.45, 7) is 2.16. The lowest BCUT2D eigenvalue weighted by atomic mass is 10.0. The third kappa shape index (κ3) is 2.28. The zero-order valence-corrected chi connectivity index (χ0v) is 8.83. The number of aliphatic hydroxyl groups is 1. The summed E-state index contributed by atoms with van der Waals surface area (Å²) in [5.74, 6) is 0. The van der Waals surface area contributed by atoms with E-state index in [4.69, 9.17) is 5.11 Å². The Labute approximate surface area is 89.6 Å². The summed E-state index contributed by atoms with van der Waals surface area (Å²) < 4.78 is 0. The zero-order chi connectivity index (χ0) is 10.7. The predicted molar refractivity (Wildman–Crippen MR) is 60.7 cm³/mol. The van der Waals surface area contributed by atoms with Crippen LogP contribution in [0.2, 0.25) is 0 Å². The Kier molecular flexibility index (Phi) is 2.88. The van der Waals surface area contributed by atoms with Crippen molar-refractivity contribution < 1.29 is 5.11 Å². The van der Waals surface area contributed by atoms with Gasteiger partial charge in [0.05, 0.1) is 6.61 Å². The summed E-state index contributed by atoms with van der Waals surface area (Å²) in [6.07, 6.45) is 2.74. The highest BCUT2D eigenvalue weighted by Crippen LogP contribution is 2.13. The molecule has 0 aliphatic rings. The van der Waals surface area contributed by atoms with Crippen molar-refractivity contribution in [1.82, 2.24) is 4.98 Å². The van der Waals surface area contributed by atoms with Crippen LogP contribution in [0, 0.1) is 6.92 Å². The van der Waals surface area contributed by atoms with E-state index in [2.05, 4.69) is 36.2 Å². The summed E-state index contributed by atoms with van der Waals surface area (Å²) in [7, 11) is 0. The molecule has 0 atom stereocenters. The fourth-order valence-electron chi connectivity index (χ4n) is 1.67. The molecular weight excluding hydrogens is 186 g/mol. The van der Waals surface area contributed by atoms with Crippen LogP contribution in [0.4, 0.5) is 0 Å². The topological polar surface area (TPSA) is 36.0 Å². The van der Waals surface area contributed by atoms with Crippen molar-refractivity contribution in [3.63, 3.8) is 0 Å². The molecule has 2 heteroatoms. The third-order valence-corrected chi connectivity index (χ3v) is 2.60. The Morgan fingerprint density at radius 2 is 1.87 bits per heavy atom. The first-order chi connectivity index (χ1) is 7.29. The number of aromatic amines is 1. The van der Waals surface area contributed by atoms with Crippen molar-refractivity contribution in [3.05, 3.63) is 58.9 Å². The molecule has 1 aromatic heterocycles. The van der Waals surface area contributed by atoms with E-state index in [0.717, 1.165) is 12.1 Å². The van der Waals surface area contributed by atoms with Crippen LogP contribution < -0.4 is 0 Å². The van der Waals surface area contributed by atoms with Crippen LogP contribution >= 0.6 is 0 Å². The van der Waals surface area contributed by atoms with E-state index in [-0.39, 0.29) is 6.61 Å². The highest BCUT2D eigenvalue weighted by atomic mass is 16.3. The van der Waals surface area contributed by atoms with Gasteiger partial charge in [0.2, 0.25) is 0 Å². The van der Waals surface area contributed by atoms with E-state index in [1.165, 1.54) is 16.7 Å². The smallest absolute Gasteiger partial charge is 0.0833 e. The number of benzene rings is 1. The fourth-order valence-corrected chi connectivity index (χ4v) is 1.67. The van der Waals surface area contributed by atoms with Crippen molar-refractivity contribution >= 4 is 0 Å². The van der Waals surface area contributed by atoms with Crippen LogP contribution in [0.25, 0.3) is 0 Å². The Bertz CT molecular complexity index is 428. The predicted octanol–water partition coefficient (Wildman–Crippen LogP) is 2.41. The van der Waals surface area contributed by atoms with Crippen LogP contribution in [0.3, 0.4) is 0 Å². The van der Waals surface area contributed by atoms with Crippen LogP contribution in [-0.4, -0.2) is 10.1 Å². The molecule has 1 heterocycles. The molecule has 2 aromatic rings. The second-order valence-corrected chi connectivity index (χ2v) is 3.80. The van der Waals surface area contributed by atoms with Crippen LogP contribution in [0.5, 0.6) is 0 Å². The SMILES string of the molecule is Cc1ccc(Cc2cc[nH]c2CO)cc1. The minimum Gasteiger partial charge on any atom is -0.390 e. The van der Waals surface area contributed by atoms with Gasteiger partial charge in [-0.2, -0.15) is 0 Å². The largest absolute Gasteiger partial charge is 0.390 e. The normalized spacial score (nSPS) is 10.5. The van der Waals surface area contributed by atoms with E-state index >= 15 is 0 Å². The molecule has 15 heavy (non-hydrogen) atoms. The summed E-state index contributed by atoms with van der Waals surface area (Å²) in [4.78, 5) is 3.04. The molecule has 0 radical (unpaired) electrons. The number of H-pyrrole nitrogens is 1. The minimum absolute atomic E-state index is 0.0776. The maximum Gasteiger partial charge on any atom is 0.0833 e. The molecule has 0 aliphatic carbocycles. The maximum absolute atomic E-state index is 9.10. The summed E-state index contributed by atoms with van der Waals surface area (Å²) in [5.41, 5.74) is 4.63. The molecule has 0 saturated heterocycles. The van der Waals surface area contributed by atoms with Gasteiger partial charge in [0.1, 0.15) is 0 Å². The average molecular weight is 201 g/mol. The highest BCUT2D eigenvalue weighted by Gasteiger charge is 2.03. The lowest BCUT2D eigenvalue weighted by Gasteiger charge is -2.02. The van der Waals surface area contributed by atoms with Gasteiger partial charge in [-0.15, -0.1) is 0 Å². The number of aryl methyl sites for hydroxylation is 1. The van der Waals surface area contributed by atoms with E-state index < -0.39 is 0 Å². The summed E-state index contributed by atoms with van der Waals surface area (Å²) in [6, 6.07) is 10.5. The minimum atomic E-state index is 0.0776. The van der Waals surface area contributed by atoms with Gasteiger partial charge in [0, 0.05) is 11.9 Å². The summed E-state index contributed by atoms with van der Waals surface area (Å²) in [5, 5.41) is 9.10. The molecule has 0 aliphatic heterocycles. The van der Waals surface area contributed by atoms with Crippen molar-refractivity contribution in [1.29, 1.82) is 0 Å². The molecule has 2 nitrogen and oxygen atoms in total. The molecule has 2 N–H and O–H groups in total. The molecule has 0 unspecified atom stereocenters. The van der Waals surface area contributed by atoms with E-state index in [9.17, 15) is 0 Å². The number of aromatic nitrogens is 1. The van der Waals surface area contributed by atoms with Gasteiger partial charge in [-0.3, -0.25) is 0 Å². The van der Waals surface area contributed by atoms with E-state index in [1.807, 2.05) is 12.3 Å². The van der Waals surface area contributed by atoms with Gasteiger partial charge in [-0.25, -0.2) is 0 Å². The Hall–Kier alpha value is -1.54. The first-order valence-corrected chi connectivity index (χ1v) is 5.11. The lowest BCUT2D eigenvalue weighted by molar-refractivity contribution is 0.276. The second-order valence-electron chi connectivity index (χ2n) is 3.80. The van der Waals surface area contributed by atoms with Gasteiger partial charge in [0.15, 0.2) is 0 Å². The van der Waals surface area contributed by atoms with Crippen molar-refractivity contribution in [2.24, 2.45) is 0 Å². The average Bonchev–Trinajstić information content (AvgIpc) is 2.69. The monoisotopic (exact) mass is 201 g/mol. The molecular formula is C13H15NO. The fraction of sp³-hybridized carbons (Fsp3) is 0.231. The first-order valence-electron chi connectivity index (χ1n) is 5.11. The van der Waals surface area contributed by atoms with E-state index in [0.29, 0.717) is 0 Å². The summed E-state index contributed by atoms with van der Waals surface area (Å²) >= 11 is 0. The van der Waals surface area contributed by atoms with Crippen molar-refractivity contribution in [2.75, 3.05) is 0 Å². The maximum atomic E-state index is 9.10. The second kappa shape index (κ2) is 4.32. The molecule has 0 saturated carbocycles. The Morgan fingerprint density at radius 1 is 1.13 bits per heavy atom. The van der Waals surface area contributed by atoms with Crippen LogP contribution in [-0.2, 0) is 13.0 Å². The Morgan fingerprint density at radius 3 is 2.53 bits per heavy atom. The first kappa shape index (κ1) is 9.99. The highest BCUT2D eigenvalue weighted by molar-refractivity contribution is 5.30. The number of rotatable bonds is 3.